The molecule has 0 saturated carbocycles. The molecule has 0 aliphatic rings. The van der Waals surface area contributed by atoms with Gasteiger partial charge >= 0.3 is 0 Å². The first-order chi connectivity index (χ1) is 14.2. The van der Waals surface area contributed by atoms with Crippen LogP contribution in [0.25, 0.3) is 0 Å². The molecular weight excluding hydrogens is 408 g/mol. The molecule has 0 N–H and O–H groups in total. The summed E-state index contributed by atoms with van der Waals surface area (Å²) in [5.41, 5.74) is 5.21. The quantitative estimate of drug-likeness (QED) is 0.182. The van der Waals surface area contributed by atoms with Crippen molar-refractivity contribution in [1.29, 1.82) is 0 Å². The molecule has 0 atom stereocenters. The van der Waals surface area contributed by atoms with Crippen molar-refractivity contribution in [1.82, 2.24) is 0 Å². The molecule has 0 aromatic heterocycles. The molecule has 0 fully saturated rings. The van der Waals surface area contributed by atoms with Crippen molar-refractivity contribution in [3.63, 3.8) is 0 Å². The Balaban J connectivity index is 2.66. The van der Waals surface area contributed by atoms with E-state index in [4.69, 9.17) is 4.43 Å². The molecule has 0 saturated heterocycles. The lowest BCUT2D eigenvalue weighted by Crippen LogP contribution is -2.41. The fourth-order valence-corrected chi connectivity index (χ4v) is 6.48. The zero-order valence-corrected chi connectivity index (χ0v) is 24.3. The molecule has 3 heteroatoms. The second kappa shape index (κ2) is 11.8. The van der Waals surface area contributed by atoms with E-state index in [9.17, 15) is 0 Å². The summed E-state index contributed by atoms with van der Waals surface area (Å²) in [5, 5.41) is 2.27. The van der Waals surface area contributed by atoms with Gasteiger partial charge in [-0.05, 0) is 72.1 Å². The summed E-state index contributed by atoms with van der Waals surface area (Å²) in [6.45, 7) is 24.9. The van der Waals surface area contributed by atoms with E-state index in [-0.39, 0.29) is 0 Å². The maximum Gasteiger partial charge on any atom is 0.191 e. The van der Waals surface area contributed by atoms with Crippen LogP contribution in [-0.2, 0) is 10.8 Å². The van der Waals surface area contributed by atoms with Crippen LogP contribution in [0, 0.1) is 0 Å². The zero-order valence-electron chi connectivity index (χ0n) is 22.3. The van der Waals surface area contributed by atoms with Crippen molar-refractivity contribution in [2.45, 2.75) is 116 Å². The SMILES string of the molecule is CC(C)(C)[Si](C)(C)OCCCCCC(=C=CCCc1ccccc1)[Si](C)(C)C(C)(C)C. The second-order valence-electron chi connectivity index (χ2n) is 12.1. The van der Waals surface area contributed by atoms with Gasteiger partial charge in [0.25, 0.3) is 0 Å². The van der Waals surface area contributed by atoms with Crippen molar-refractivity contribution in [2.75, 3.05) is 6.61 Å². The Kier molecular flexibility index (Phi) is 10.8. The van der Waals surface area contributed by atoms with Crippen LogP contribution in [0.1, 0.15) is 79.2 Å². The summed E-state index contributed by atoms with van der Waals surface area (Å²) < 4.78 is 6.36. The van der Waals surface area contributed by atoms with Crippen LogP contribution < -0.4 is 0 Å². The Bertz CT molecular complexity index is 712. The largest absolute Gasteiger partial charge is 0.417 e. The standard InChI is InChI=1S/C28H50OSi2/c1-27(2,3)30(7,8)26(23-17-16-21-25-19-13-11-14-20-25)22-15-12-18-24-29-31(9,10)28(4,5)6/h11,13-14,17,19-20H,12,15-16,18,21-22,24H2,1-10H3. The molecule has 31 heavy (non-hydrogen) atoms. The van der Waals surface area contributed by atoms with Gasteiger partial charge in [0.05, 0.1) is 8.07 Å². The zero-order chi connectivity index (χ0) is 23.8. The van der Waals surface area contributed by atoms with Gasteiger partial charge in [0.15, 0.2) is 8.32 Å². The van der Waals surface area contributed by atoms with Crippen molar-refractivity contribution >= 4 is 16.4 Å². The third-order valence-electron chi connectivity index (χ3n) is 7.67. The van der Waals surface area contributed by atoms with Crippen LogP contribution in [0.3, 0.4) is 0 Å². The molecule has 1 aromatic carbocycles. The van der Waals surface area contributed by atoms with Gasteiger partial charge in [0.2, 0.25) is 0 Å². The lowest BCUT2D eigenvalue weighted by molar-refractivity contribution is 0.278. The molecule has 0 spiro atoms. The predicted molar refractivity (Wildman–Crippen MR) is 145 cm³/mol. The van der Waals surface area contributed by atoms with E-state index in [1.165, 1.54) is 31.2 Å². The topological polar surface area (TPSA) is 9.23 Å². The number of unbranched alkanes of at least 4 members (excludes halogenated alkanes) is 2. The average Bonchev–Trinajstić information content (AvgIpc) is 2.64. The Morgan fingerprint density at radius 2 is 1.48 bits per heavy atom. The van der Waals surface area contributed by atoms with Crippen molar-refractivity contribution in [2.24, 2.45) is 0 Å². The van der Waals surface area contributed by atoms with E-state index in [0.717, 1.165) is 19.4 Å². The van der Waals surface area contributed by atoms with Gasteiger partial charge in [-0.3, -0.25) is 0 Å². The summed E-state index contributed by atoms with van der Waals surface area (Å²) in [7, 11) is -3.14. The third kappa shape index (κ3) is 9.26. The summed E-state index contributed by atoms with van der Waals surface area (Å²) in [4.78, 5) is 0. The first-order valence-corrected chi connectivity index (χ1v) is 18.2. The number of aryl methyl sites for hydroxylation is 1. The Morgan fingerprint density at radius 1 is 0.871 bits per heavy atom. The number of benzene rings is 1. The maximum absolute atomic E-state index is 6.36. The maximum atomic E-state index is 6.36. The van der Waals surface area contributed by atoms with Gasteiger partial charge in [0.1, 0.15) is 0 Å². The highest BCUT2D eigenvalue weighted by Crippen LogP contribution is 2.42. The van der Waals surface area contributed by atoms with Crippen LogP contribution >= 0.6 is 0 Å². The van der Waals surface area contributed by atoms with E-state index >= 15 is 0 Å². The summed E-state index contributed by atoms with van der Waals surface area (Å²) in [6.07, 6.45) is 9.35. The highest BCUT2D eigenvalue weighted by molar-refractivity contribution is 6.86. The van der Waals surface area contributed by atoms with Crippen molar-refractivity contribution in [3.05, 3.63) is 52.9 Å². The van der Waals surface area contributed by atoms with Gasteiger partial charge < -0.3 is 4.43 Å². The number of rotatable bonds is 11. The van der Waals surface area contributed by atoms with Crippen LogP contribution in [0.15, 0.2) is 47.3 Å². The van der Waals surface area contributed by atoms with Crippen molar-refractivity contribution < 1.29 is 4.43 Å². The first kappa shape index (κ1) is 28.2. The molecule has 0 aliphatic carbocycles. The minimum absolute atomic E-state index is 0.301. The number of hydrogen-bond acceptors (Lipinski definition) is 1. The second-order valence-corrected chi connectivity index (χ2v) is 22.3. The van der Waals surface area contributed by atoms with Crippen LogP contribution in [0.2, 0.25) is 36.3 Å². The molecule has 176 valence electrons. The normalized spacial score (nSPS) is 13.1. The Labute approximate surface area is 196 Å². The molecule has 1 nitrogen and oxygen atoms in total. The van der Waals surface area contributed by atoms with Gasteiger partial charge in [-0.1, -0.05) is 91.4 Å². The number of allylic oxidation sites excluding steroid dienone is 1. The molecular formula is C28H50OSi2. The van der Waals surface area contributed by atoms with Crippen molar-refractivity contribution in [3.8, 4) is 0 Å². The summed E-state index contributed by atoms with van der Waals surface area (Å²) in [5.74, 6) is 0. The molecule has 0 unspecified atom stereocenters. The van der Waals surface area contributed by atoms with E-state index in [1.807, 2.05) is 0 Å². The summed E-state index contributed by atoms with van der Waals surface area (Å²) >= 11 is 0. The average molecular weight is 459 g/mol. The monoisotopic (exact) mass is 458 g/mol. The lowest BCUT2D eigenvalue weighted by atomic mass is 10.1. The van der Waals surface area contributed by atoms with E-state index < -0.39 is 16.4 Å². The third-order valence-corrected chi connectivity index (χ3v) is 17.9. The highest BCUT2D eigenvalue weighted by Gasteiger charge is 2.38. The van der Waals surface area contributed by atoms with E-state index in [1.54, 1.807) is 5.20 Å². The van der Waals surface area contributed by atoms with E-state index in [0.29, 0.717) is 10.1 Å². The minimum atomic E-state index is -1.61. The van der Waals surface area contributed by atoms with E-state index in [2.05, 4.69) is 110 Å². The minimum Gasteiger partial charge on any atom is -0.417 e. The first-order valence-electron chi connectivity index (χ1n) is 12.3. The van der Waals surface area contributed by atoms with Gasteiger partial charge in [-0.25, -0.2) is 0 Å². The number of hydrogen-bond donors (Lipinski definition) is 0. The molecule has 1 rings (SSSR count). The smallest absolute Gasteiger partial charge is 0.191 e. The van der Waals surface area contributed by atoms with Crippen LogP contribution in [0.4, 0.5) is 0 Å². The van der Waals surface area contributed by atoms with Crippen LogP contribution in [-0.4, -0.2) is 23.0 Å². The molecule has 0 bridgehead atoms. The fraction of sp³-hybridized carbons (Fsp3) is 0.679. The Morgan fingerprint density at radius 3 is 2.03 bits per heavy atom. The highest BCUT2D eigenvalue weighted by atomic mass is 28.4. The molecule has 0 heterocycles. The molecule has 1 aromatic rings. The van der Waals surface area contributed by atoms with Gasteiger partial charge in [-0.2, -0.15) is 0 Å². The predicted octanol–water partition coefficient (Wildman–Crippen LogP) is 9.33. The summed E-state index contributed by atoms with van der Waals surface area (Å²) in [6, 6.07) is 10.8. The molecule has 0 radical (unpaired) electrons. The molecule has 0 aliphatic heterocycles. The van der Waals surface area contributed by atoms with Gasteiger partial charge in [-0.15, -0.1) is 5.73 Å². The Hall–Kier alpha value is -0.866. The molecule has 0 amide bonds. The fourth-order valence-electron chi connectivity index (χ4n) is 3.22. The van der Waals surface area contributed by atoms with Gasteiger partial charge in [0, 0.05) is 6.61 Å². The lowest BCUT2D eigenvalue weighted by Gasteiger charge is -2.38. The van der Waals surface area contributed by atoms with Crippen LogP contribution in [0.5, 0.6) is 0 Å².